The maximum atomic E-state index is 12.4. The quantitative estimate of drug-likeness (QED) is 0.679. The monoisotopic (exact) mass is 167 g/mol. The molecule has 12 heavy (non-hydrogen) atoms. The first-order valence-electron chi connectivity index (χ1n) is 3.54. The standard InChI is InChI=1S/C9H10FNO/c1-3-9(2,12)8-5-4-7(10)6-11-8/h3-6,12H,1H2,2H3. The fraction of sp³-hybridized carbons (Fsp3) is 0.222. The normalized spacial score (nSPS) is 15.2. The Labute approximate surface area is 70.4 Å². The highest BCUT2D eigenvalue weighted by Gasteiger charge is 2.19. The van der Waals surface area contributed by atoms with Gasteiger partial charge in [-0.25, -0.2) is 4.39 Å². The second-order valence-electron chi connectivity index (χ2n) is 2.71. The molecule has 0 saturated carbocycles. The molecule has 0 bridgehead atoms. The highest BCUT2D eigenvalue weighted by molar-refractivity contribution is 5.17. The Hall–Kier alpha value is -1.22. The fourth-order valence-electron chi connectivity index (χ4n) is 0.780. The first-order valence-corrected chi connectivity index (χ1v) is 3.54. The molecule has 64 valence electrons. The van der Waals surface area contributed by atoms with Crippen molar-refractivity contribution in [1.29, 1.82) is 0 Å². The molecule has 1 rings (SSSR count). The minimum absolute atomic E-state index is 0.388. The Morgan fingerprint density at radius 3 is 2.75 bits per heavy atom. The molecule has 0 amide bonds. The number of aliphatic hydroxyl groups is 1. The molecule has 1 atom stereocenters. The summed E-state index contributed by atoms with van der Waals surface area (Å²) in [4.78, 5) is 3.72. The third-order valence-electron chi connectivity index (χ3n) is 1.64. The topological polar surface area (TPSA) is 33.1 Å². The summed E-state index contributed by atoms with van der Waals surface area (Å²) in [5.41, 5.74) is -0.799. The Morgan fingerprint density at radius 2 is 2.33 bits per heavy atom. The Bertz CT molecular complexity index is 279. The smallest absolute Gasteiger partial charge is 0.141 e. The molecule has 1 unspecified atom stereocenters. The molecule has 0 aliphatic carbocycles. The molecule has 0 aliphatic rings. The van der Waals surface area contributed by atoms with Crippen LogP contribution < -0.4 is 0 Å². The second kappa shape index (κ2) is 3.03. The van der Waals surface area contributed by atoms with E-state index in [0.29, 0.717) is 5.69 Å². The van der Waals surface area contributed by atoms with Gasteiger partial charge in [0.2, 0.25) is 0 Å². The second-order valence-corrected chi connectivity index (χ2v) is 2.71. The van der Waals surface area contributed by atoms with Crippen molar-refractivity contribution < 1.29 is 9.50 Å². The van der Waals surface area contributed by atoms with Gasteiger partial charge in [-0.3, -0.25) is 4.98 Å². The fourth-order valence-corrected chi connectivity index (χ4v) is 0.780. The maximum Gasteiger partial charge on any atom is 0.141 e. The SMILES string of the molecule is C=CC(C)(O)c1ccc(F)cn1. The van der Waals surface area contributed by atoms with Gasteiger partial charge in [-0.1, -0.05) is 12.7 Å². The molecular weight excluding hydrogens is 157 g/mol. The van der Waals surface area contributed by atoms with Gasteiger partial charge in [0, 0.05) is 0 Å². The lowest BCUT2D eigenvalue weighted by atomic mass is 10.0. The number of pyridine rings is 1. The molecular formula is C9H10FNO. The van der Waals surface area contributed by atoms with Crippen LogP contribution in [0.2, 0.25) is 0 Å². The van der Waals surface area contributed by atoms with E-state index in [1.807, 2.05) is 0 Å². The predicted octanol–water partition coefficient (Wildman–Crippen LogP) is 1.61. The van der Waals surface area contributed by atoms with E-state index in [0.717, 1.165) is 6.20 Å². The minimum atomic E-state index is -1.19. The lowest BCUT2D eigenvalue weighted by Crippen LogP contribution is -2.18. The van der Waals surface area contributed by atoms with Crippen LogP contribution in [0, 0.1) is 5.82 Å². The van der Waals surface area contributed by atoms with Crippen molar-refractivity contribution >= 4 is 0 Å². The van der Waals surface area contributed by atoms with Crippen molar-refractivity contribution in [3.8, 4) is 0 Å². The van der Waals surface area contributed by atoms with Gasteiger partial charge in [0.1, 0.15) is 11.4 Å². The molecule has 1 N–H and O–H groups in total. The summed E-state index contributed by atoms with van der Waals surface area (Å²) in [5, 5.41) is 9.58. The first kappa shape index (κ1) is 8.87. The number of hydrogen-bond donors (Lipinski definition) is 1. The lowest BCUT2D eigenvalue weighted by molar-refractivity contribution is 0.106. The van der Waals surface area contributed by atoms with Gasteiger partial charge in [-0.05, 0) is 19.1 Å². The van der Waals surface area contributed by atoms with Crippen molar-refractivity contribution in [3.05, 3.63) is 42.5 Å². The molecule has 0 aromatic carbocycles. The van der Waals surface area contributed by atoms with Crippen LogP contribution in [0.15, 0.2) is 31.0 Å². The summed E-state index contributed by atoms with van der Waals surface area (Å²) in [5.74, 6) is -0.418. The average molecular weight is 167 g/mol. The molecule has 1 heterocycles. The molecule has 1 aromatic rings. The van der Waals surface area contributed by atoms with Gasteiger partial charge in [-0.15, -0.1) is 0 Å². The Morgan fingerprint density at radius 1 is 1.67 bits per heavy atom. The zero-order valence-electron chi connectivity index (χ0n) is 6.79. The van der Waals surface area contributed by atoms with E-state index in [1.165, 1.54) is 18.2 Å². The van der Waals surface area contributed by atoms with Crippen LogP contribution in [0.4, 0.5) is 4.39 Å². The van der Waals surface area contributed by atoms with Crippen LogP contribution in [0.3, 0.4) is 0 Å². The van der Waals surface area contributed by atoms with Gasteiger partial charge in [0.15, 0.2) is 0 Å². The largest absolute Gasteiger partial charge is 0.380 e. The first-order chi connectivity index (χ1) is 5.56. The van der Waals surface area contributed by atoms with Crippen LogP contribution in [0.1, 0.15) is 12.6 Å². The minimum Gasteiger partial charge on any atom is -0.380 e. The Balaban J connectivity index is 3.04. The molecule has 2 nitrogen and oxygen atoms in total. The van der Waals surface area contributed by atoms with Crippen LogP contribution in [0.5, 0.6) is 0 Å². The third kappa shape index (κ3) is 1.68. The number of halogens is 1. The van der Waals surface area contributed by atoms with E-state index in [-0.39, 0.29) is 0 Å². The maximum absolute atomic E-state index is 12.4. The number of rotatable bonds is 2. The van der Waals surface area contributed by atoms with Crippen molar-refractivity contribution in [2.24, 2.45) is 0 Å². The van der Waals surface area contributed by atoms with Crippen LogP contribution in [-0.2, 0) is 5.60 Å². The summed E-state index contributed by atoms with van der Waals surface area (Å²) in [7, 11) is 0. The van der Waals surface area contributed by atoms with Gasteiger partial charge in [-0.2, -0.15) is 0 Å². The van der Waals surface area contributed by atoms with E-state index in [4.69, 9.17) is 0 Å². The molecule has 0 spiro atoms. The Kier molecular flexibility index (Phi) is 2.24. The zero-order valence-corrected chi connectivity index (χ0v) is 6.79. The summed E-state index contributed by atoms with van der Waals surface area (Å²) in [6.07, 6.45) is 2.42. The molecule has 0 fully saturated rings. The number of hydrogen-bond acceptors (Lipinski definition) is 2. The van der Waals surface area contributed by atoms with E-state index in [1.54, 1.807) is 6.92 Å². The van der Waals surface area contributed by atoms with Crippen molar-refractivity contribution in [2.75, 3.05) is 0 Å². The zero-order chi connectivity index (χ0) is 9.19. The van der Waals surface area contributed by atoms with Crippen molar-refractivity contribution in [1.82, 2.24) is 4.98 Å². The summed E-state index contributed by atoms with van der Waals surface area (Å²) < 4.78 is 12.4. The summed E-state index contributed by atoms with van der Waals surface area (Å²) in [6, 6.07) is 2.68. The van der Waals surface area contributed by atoms with E-state index in [9.17, 15) is 9.50 Å². The third-order valence-corrected chi connectivity index (χ3v) is 1.64. The summed E-state index contributed by atoms with van der Waals surface area (Å²) in [6.45, 7) is 4.99. The van der Waals surface area contributed by atoms with Crippen molar-refractivity contribution in [3.63, 3.8) is 0 Å². The van der Waals surface area contributed by atoms with Crippen LogP contribution in [-0.4, -0.2) is 10.1 Å². The number of nitrogens with zero attached hydrogens (tertiary/aromatic N) is 1. The highest BCUT2D eigenvalue weighted by atomic mass is 19.1. The predicted molar refractivity (Wildman–Crippen MR) is 44.0 cm³/mol. The van der Waals surface area contributed by atoms with Crippen LogP contribution >= 0.6 is 0 Å². The molecule has 3 heteroatoms. The lowest BCUT2D eigenvalue weighted by Gasteiger charge is -2.16. The van der Waals surface area contributed by atoms with Gasteiger partial charge in [0.25, 0.3) is 0 Å². The molecule has 0 saturated heterocycles. The van der Waals surface area contributed by atoms with E-state index < -0.39 is 11.4 Å². The summed E-state index contributed by atoms with van der Waals surface area (Å²) >= 11 is 0. The molecule has 0 aliphatic heterocycles. The molecule has 1 aromatic heterocycles. The number of aromatic nitrogens is 1. The van der Waals surface area contributed by atoms with E-state index >= 15 is 0 Å². The van der Waals surface area contributed by atoms with E-state index in [2.05, 4.69) is 11.6 Å². The van der Waals surface area contributed by atoms with Gasteiger partial charge in [0.05, 0.1) is 11.9 Å². The van der Waals surface area contributed by atoms with Crippen molar-refractivity contribution in [2.45, 2.75) is 12.5 Å². The highest BCUT2D eigenvalue weighted by Crippen LogP contribution is 2.18. The van der Waals surface area contributed by atoms with Crippen LogP contribution in [0.25, 0.3) is 0 Å². The van der Waals surface area contributed by atoms with Gasteiger partial charge >= 0.3 is 0 Å². The van der Waals surface area contributed by atoms with Gasteiger partial charge < -0.3 is 5.11 Å². The average Bonchev–Trinajstić information content (AvgIpc) is 2.05. The molecule has 0 radical (unpaired) electrons.